The maximum atomic E-state index is 13.0. The number of nitrogens with one attached hydrogen (secondary N) is 2. The molecule has 1 amide bonds. The van der Waals surface area contributed by atoms with Gasteiger partial charge < -0.3 is 24.9 Å². The summed E-state index contributed by atoms with van der Waals surface area (Å²) >= 11 is 0. The number of aliphatic hydroxyl groups excluding tert-OH is 1. The number of hydrogen-bond donors (Lipinski definition) is 3. The minimum Gasteiger partial charge on any atom is -0.388 e. The number of H-pyrrole nitrogens is 1. The summed E-state index contributed by atoms with van der Waals surface area (Å²) in [4.78, 5) is 19.9. The molecule has 2 aliphatic heterocycles. The summed E-state index contributed by atoms with van der Waals surface area (Å²) in [6.07, 6.45) is -1.42. The van der Waals surface area contributed by atoms with Gasteiger partial charge in [-0.1, -0.05) is 0 Å². The average Bonchev–Trinajstić information content (AvgIpc) is 3.26. The van der Waals surface area contributed by atoms with Gasteiger partial charge in [0.15, 0.2) is 0 Å². The Hall–Kier alpha value is -2.29. The first-order valence-electron chi connectivity index (χ1n) is 8.07. The predicted octanol–water partition coefficient (Wildman–Crippen LogP) is 0.781. The molecule has 0 spiro atoms. The Bertz CT molecular complexity index is 792. The van der Waals surface area contributed by atoms with Gasteiger partial charge in [0.1, 0.15) is 35.6 Å². The van der Waals surface area contributed by atoms with E-state index in [0.717, 1.165) is 0 Å². The van der Waals surface area contributed by atoms with E-state index in [1.807, 2.05) is 0 Å². The lowest BCUT2D eigenvalue weighted by Gasteiger charge is -2.16. The predicted molar refractivity (Wildman–Crippen MR) is 85.5 cm³/mol. The Morgan fingerprint density at radius 2 is 2.00 bits per heavy atom. The smallest absolute Gasteiger partial charge is 0.272 e. The van der Waals surface area contributed by atoms with Gasteiger partial charge in [-0.15, -0.1) is 0 Å². The Morgan fingerprint density at radius 1 is 1.28 bits per heavy atom. The molecule has 1 aromatic heterocycles. The summed E-state index contributed by atoms with van der Waals surface area (Å²) in [6, 6.07) is 5.54. The Labute approximate surface area is 143 Å². The molecule has 3 N–H and O–H groups in total. The van der Waals surface area contributed by atoms with Crippen LogP contribution in [-0.4, -0.2) is 58.5 Å². The molecule has 3 heterocycles. The number of ether oxygens (including phenoxy) is 2. The van der Waals surface area contributed by atoms with Crippen molar-refractivity contribution in [2.45, 2.75) is 31.3 Å². The van der Waals surface area contributed by atoms with Gasteiger partial charge in [0.05, 0.1) is 19.3 Å². The average molecular weight is 347 g/mol. The van der Waals surface area contributed by atoms with Crippen LogP contribution in [0.5, 0.6) is 0 Å². The lowest BCUT2D eigenvalue weighted by atomic mass is 10.1. The van der Waals surface area contributed by atoms with Crippen molar-refractivity contribution < 1.29 is 23.8 Å². The van der Waals surface area contributed by atoms with Crippen LogP contribution < -0.4 is 5.32 Å². The summed E-state index contributed by atoms with van der Waals surface area (Å²) in [5, 5.41) is 12.6. The molecule has 0 radical (unpaired) electrons. The molecular formula is C17H18FN3O4. The third-order valence-electron chi connectivity index (χ3n) is 4.56. The maximum Gasteiger partial charge on any atom is 0.272 e. The monoisotopic (exact) mass is 347 g/mol. The molecule has 4 atom stereocenters. The highest BCUT2D eigenvalue weighted by atomic mass is 19.1. The van der Waals surface area contributed by atoms with Crippen molar-refractivity contribution >= 4 is 5.91 Å². The highest BCUT2D eigenvalue weighted by molar-refractivity contribution is 5.94. The normalized spacial score (nSPS) is 28.1. The van der Waals surface area contributed by atoms with Gasteiger partial charge in [-0.05, 0) is 31.2 Å². The SMILES string of the molecule is Cc1[nH]c(-c2ccc(F)cc2)nc1C(=O)N[C@@H]1CO[C@H]2[C@@H]1OC[C@H]2O. The first-order valence-corrected chi connectivity index (χ1v) is 8.07. The first-order chi connectivity index (χ1) is 12.0. The molecule has 25 heavy (non-hydrogen) atoms. The fourth-order valence-electron chi connectivity index (χ4n) is 3.27. The minimum absolute atomic E-state index is 0.206. The van der Waals surface area contributed by atoms with E-state index in [0.29, 0.717) is 17.1 Å². The van der Waals surface area contributed by atoms with E-state index < -0.39 is 12.2 Å². The molecule has 2 saturated heterocycles. The number of amides is 1. The molecule has 2 fully saturated rings. The van der Waals surface area contributed by atoms with Crippen molar-refractivity contribution in [3.8, 4) is 11.4 Å². The van der Waals surface area contributed by atoms with Gasteiger partial charge in [0, 0.05) is 11.3 Å². The van der Waals surface area contributed by atoms with Crippen LogP contribution >= 0.6 is 0 Å². The van der Waals surface area contributed by atoms with Gasteiger partial charge in [0.2, 0.25) is 0 Å². The van der Waals surface area contributed by atoms with Crippen molar-refractivity contribution in [2.24, 2.45) is 0 Å². The number of rotatable bonds is 3. The fraction of sp³-hybridized carbons (Fsp3) is 0.412. The summed E-state index contributed by atoms with van der Waals surface area (Å²) in [5.41, 5.74) is 1.57. The van der Waals surface area contributed by atoms with E-state index >= 15 is 0 Å². The van der Waals surface area contributed by atoms with Crippen molar-refractivity contribution in [2.75, 3.05) is 13.2 Å². The van der Waals surface area contributed by atoms with E-state index in [2.05, 4.69) is 15.3 Å². The van der Waals surface area contributed by atoms with E-state index in [4.69, 9.17) is 9.47 Å². The van der Waals surface area contributed by atoms with Crippen LogP contribution in [0, 0.1) is 12.7 Å². The van der Waals surface area contributed by atoms with E-state index in [9.17, 15) is 14.3 Å². The quantitative estimate of drug-likeness (QED) is 0.763. The molecule has 0 aliphatic carbocycles. The molecular weight excluding hydrogens is 329 g/mol. The van der Waals surface area contributed by atoms with E-state index in [1.54, 1.807) is 19.1 Å². The molecule has 1 aromatic carbocycles. The Morgan fingerprint density at radius 3 is 2.76 bits per heavy atom. The third kappa shape index (κ3) is 2.92. The lowest BCUT2D eigenvalue weighted by molar-refractivity contribution is 0.0178. The number of imidazole rings is 1. The van der Waals surface area contributed by atoms with E-state index in [1.165, 1.54) is 12.1 Å². The number of aromatic nitrogens is 2. The van der Waals surface area contributed by atoms with Gasteiger partial charge >= 0.3 is 0 Å². The lowest BCUT2D eigenvalue weighted by Crippen LogP contribution is -2.44. The van der Waals surface area contributed by atoms with Crippen molar-refractivity contribution in [1.82, 2.24) is 15.3 Å². The standard InChI is InChI=1S/C17H18FN3O4/c1-8-13(21-16(19-8)9-2-4-10(18)5-3-9)17(23)20-11-6-24-15-12(22)7-25-14(11)15/h2-5,11-12,14-15,22H,6-7H2,1H3,(H,19,21)(H,20,23)/t11-,12-,14-,15-/m1/s1. The third-order valence-corrected chi connectivity index (χ3v) is 4.56. The number of carbonyl (C=O) groups is 1. The van der Waals surface area contributed by atoms with Crippen LogP contribution in [0.4, 0.5) is 4.39 Å². The molecule has 2 aliphatic rings. The topological polar surface area (TPSA) is 96.5 Å². The van der Waals surface area contributed by atoms with Gasteiger partial charge in [-0.2, -0.15) is 0 Å². The van der Waals surface area contributed by atoms with Crippen LogP contribution in [0.1, 0.15) is 16.2 Å². The molecule has 2 aromatic rings. The molecule has 0 bridgehead atoms. The Balaban J connectivity index is 1.50. The number of aliphatic hydroxyl groups is 1. The van der Waals surface area contributed by atoms with Crippen molar-refractivity contribution in [3.63, 3.8) is 0 Å². The van der Waals surface area contributed by atoms with Crippen LogP contribution in [-0.2, 0) is 9.47 Å². The molecule has 0 saturated carbocycles. The number of fused-ring (bicyclic) bond motifs is 1. The van der Waals surface area contributed by atoms with Gasteiger partial charge in [-0.3, -0.25) is 4.79 Å². The zero-order valence-corrected chi connectivity index (χ0v) is 13.5. The van der Waals surface area contributed by atoms with Crippen LogP contribution in [0.25, 0.3) is 11.4 Å². The number of aryl methyl sites for hydroxylation is 1. The molecule has 0 unspecified atom stereocenters. The van der Waals surface area contributed by atoms with Crippen molar-refractivity contribution in [3.05, 3.63) is 41.5 Å². The summed E-state index contributed by atoms with van der Waals surface area (Å²) in [5.74, 6) is -0.184. The van der Waals surface area contributed by atoms with Crippen LogP contribution in [0.2, 0.25) is 0 Å². The number of aromatic amines is 1. The first kappa shape index (κ1) is 16.2. The number of nitrogens with zero attached hydrogens (tertiary/aromatic N) is 1. The summed E-state index contributed by atoms with van der Waals surface area (Å²) in [7, 11) is 0. The second kappa shape index (κ2) is 6.21. The molecule has 7 nitrogen and oxygen atoms in total. The largest absolute Gasteiger partial charge is 0.388 e. The van der Waals surface area contributed by atoms with Gasteiger partial charge in [-0.25, -0.2) is 9.37 Å². The van der Waals surface area contributed by atoms with Crippen molar-refractivity contribution in [1.29, 1.82) is 0 Å². The Kier molecular flexibility index (Phi) is 4.03. The highest BCUT2D eigenvalue weighted by Crippen LogP contribution is 2.27. The maximum absolute atomic E-state index is 13.0. The zero-order valence-electron chi connectivity index (χ0n) is 13.5. The fourth-order valence-corrected chi connectivity index (χ4v) is 3.27. The highest BCUT2D eigenvalue weighted by Gasteiger charge is 2.47. The van der Waals surface area contributed by atoms with Crippen LogP contribution in [0.3, 0.4) is 0 Å². The minimum atomic E-state index is -0.663. The number of benzene rings is 1. The summed E-state index contributed by atoms with van der Waals surface area (Å²) in [6.45, 7) is 2.24. The molecule has 132 valence electrons. The number of halogens is 1. The number of hydrogen-bond acceptors (Lipinski definition) is 5. The zero-order chi connectivity index (χ0) is 17.6. The van der Waals surface area contributed by atoms with Crippen LogP contribution in [0.15, 0.2) is 24.3 Å². The van der Waals surface area contributed by atoms with Gasteiger partial charge in [0.25, 0.3) is 5.91 Å². The molecule has 8 heteroatoms. The second-order valence-electron chi connectivity index (χ2n) is 6.31. The summed E-state index contributed by atoms with van der Waals surface area (Å²) < 4.78 is 24.0. The second-order valence-corrected chi connectivity index (χ2v) is 6.31. The number of carbonyl (C=O) groups excluding carboxylic acids is 1. The molecule has 4 rings (SSSR count). The van der Waals surface area contributed by atoms with E-state index in [-0.39, 0.29) is 42.8 Å².